The third kappa shape index (κ3) is 3.28. The van der Waals surface area contributed by atoms with Crippen molar-refractivity contribution in [3.63, 3.8) is 0 Å². The van der Waals surface area contributed by atoms with Gasteiger partial charge in [-0.15, -0.1) is 0 Å². The van der Waals surface area contributed by atoms with E-state index in [9.17, 15) is 4.39 Å². The predicted octanol–water partition coefficient (Wildman–Crippen LogP) is 3.11. The van der Waals surface area contributed by atoms with Crippen LogP contribution in [0.5, 0.6) is 0 Å². The van der Waals surface area contributed by atoms with Crippen molar-refractivity contribution in [3.8, 4) is 0 Å². The predicted molar refractivity (Wildman–Crippen MR) is 81.7 cm³/mol. The summed E-state index contributed by atoms with van der Waals surface area (Å²) in [5.41, 5.74) is 4.17. The molecular weight excluding hydrogens is 265 g/mol. The Balaban J connectivity index is 1.54. The number of hydrogen-bond acceptors (Lipinski definition) is 2. The largest absolute Gasteiger partial charge is 0.311 e. The van der Waals surface area contributed by atoms with E-state index in [-0.39, 0.29) is 5.82 Å². The van der Waals surface area contributed by atoms with Gasteiger partial charge in [0.05, 0.1) is 5.69 Å². The molecule has 0 amide bonds. The molecular formula is C17H18FN3. The fraction of sp³-hybridized carbons (Fsp3) is 0.235. The van der Waals surface area contributed by atoms with E-state index in [0.29, 0.717) is 0 Å². The lowest BCUT2D eigenvalue weighted by Crippen LogP contribution is -2.17. The number of benzene rings is 1. The molecule has 0 aliphatic carbocycles. The van der Waals surface area contributed by atoms with Crippen molar-refractivity contribution in [2.45, 2.75) is 19.9 Å². The molecule has 2 aromatic heterocycles. The van der Waals surface area contributed by atoms with Crippen LogP contribution in [0.25, 0.3) is 5.65 Å². The van der Waals surface area contributed by atoms with E-state index in [1.807, 2.05) is 48.0 Å². The first-order valence-electron chi connectivity index (χ1n) is 7.11. The minimum absolute atomic E-state index is 0.172. The van der Waals surface area contributed by atoms with Crippen molar-refractivity contribution in [2.24, 2.45) is 0 Å². The summed E-state index contributed by atoms with van der Waals surface area (Å²) < 4.78 is 15.0. The lowest BCUT2D eigenvalue weighted by molar-refractivity contribution is 0.624. The van der Waals surface area contributed by atoms with Gasteiger partial charge in [-0.25, -0.2) is 9.37 Å². The van der Waals surface area contributed by atoms with Crippen molar-refractivity contribution >= 4 is 5.65 Å². The van der Waals surface area contributed by atoms with Crippen LogP contribution in [-0.2, 0) is 13.0 Å². The quantitative estimate of drug-likeness (QED) is 0.729. The Labute approximate surface area is 123 Å². The number of hydrogen-bond donors (Lipinski definition) is 1. The molecule has 0 saturated heterocycles. The fourth-order valence-corrected chi connectivity index (χ4v) is 2.45. The summed E-state index contributed by atoms with van der Waals surface area (Å²) in [5, 5.41) is 3.38. The molecule has 3 nitrogen and oxygen atoms in total. The van der Waals surface area contributed by atoms with E-state index in [0.717, 1.165) is 36.4 Å². The van der Waals surface area contributed by atoms with Crippen LogP contribution in [0.3, 0.4) is 0 Å². The lowest BCUT2D eigenvalue weighted by atomic mass is 10.1. The zero-order chi connectivity index (χ0) is 14.7. The Morgan fingerprint density at radius 2 is 2.14 bits per heavy atom. The summed E-state index contributed by atoms with van der Waals surface area (Å²) in [7, 11) is 0. The van der Waals surface area contributed by atoms with Crippen molar-refractivity contribution in [1.82, 2.24) is 14.7 Å². The summed E-state index contributed by atoms with van der Waals surface area (Å²) >= 11 is 0. The topological polar surface area (TPSA) is 29.3 Å². The van der Waals surface area contributed by atoms with Crippen LogP contribution in [0.4, 0.5) is 4.39 Å². The second-order valence-electron chi connectivity index (χ2n) is 5.20. The van der Waals surface area contributed by atoms with Gasteiger partial charge >= 0.3 is 0 Å². The van der Waals surface area contributed by atoms with Crippen LogP contribution in [0.2, 0.25) is 0 Å². The SMILES string of the molecule is Cc1cc(F)ccc1CCNCc1cn2ccccc2n1. The number of nitrogens with one attached hydrogen (secondary N) is 1. The summed E-state index contributed by atoms with van der Waals surface area (Å²) in [6, 6.07) is 10.9. The van der Waals surface area contributed by atoms with E-state index in [2.05, 4.69) is 10.3 Å². The molecule has 0 fully saturated rings. The molecule has 3 rings (SSSR count). The Bertz CT molecular complexity index is 716. The van der Waals surface area contributed by atoms with Crippen LogP contribution in [0.15, 0.2) is 48.8 Å². The average Bonchev–Trinajstić information content (AvgIpc) is 2.88. The zero-order valence-electron chi connectivity index (χ0n) is 12.0. The molecule has 3 aromatic rings. The van der Waals surface area contributed by atoms with Gasteiger partial charge in [0.2, 0.25) is 0 Å². The number of aromatic nitrogens is 2. The standard InChI is InChI=1S/C17H18FN3/c1-13-10-15(18)6-5-14(13)7-8-19-11-16-12-21-9-3-2-4-17(21)20-16/h2-6,9-10,12,19H,7-8,11H2,1H3. The summed E-state index contributed by atoms with van der Waals surface area (Å²) in [6.07, 6.45) is 4.92. The maximum Gasteiger partial charge on any atom is 0.137 e. The van der Waals surface area contributed by atoms with Crippen molar-refractivity contribution in [2.75, 3.05) is 6.54 Å². The van der Waals surface area contributed by atoms with Crippen LogP contribution in [0.1, 0.15) is 16.8 Å². The fourth-order valence-electron chi connectivity index (χ4n) is 2.45. The molecule has 4 heteroatoms. The van der Waals surface area contributed by atoms with Gasteiger partial charge in [0.1, 0.15) is 11.5 Å². The average molecular weight is 283 g/mol. The number of rotatable bonds is 5. The Morgan fingerprint density at radius 1 is 1.24 bits per heavy atom. The van der Waals surface area contributed by atoms with E-state index in [1.54, 1.807) is 6.07 Å². The number of aryl methyl sites for hydroxylation is 1. The highest BCUT2D eigenvalue weighted by Gasteiger charge is 2.02. The van der Waals surface area contributed by atoms with E-state index in [4.69, 9.17) is 0 Å². The van der Waals surface area contributed by atoms with Crippen LogP contribution < -0.4 is 5.32 Å². The number of nitrogens with zero attached hydrogens (tertiary/aromatic N) is 2. The summed E-state index contributed by atoms with van der Waals surface area (Å²) in [4.78, 5) is 4.54. The summed E-state index contributed by atoms with van der Waals surface area (Å²) in [6.45, 7) is 3.53. The first kappa shape index (κ1) is 13.8. The monoisotopic (exact) mass is 283 g/mol. The second-order valence-corrected chi connectivity index (χ2v) is 5.20. The first-order valence-corrected chi connectivity index (χ1v) is 7.11. The van der Waals surface area contributed by atoms with Gasteiger partial charge in [0.25, 0.3) is 0 Å². The minimum Gasteiger partial charge on any atom is -0.311 e. The smallest absolute Gasteiger partial charge is 0.137 e. The molecule has 2 heterocycles. The normalized spacial score (nSPS) is 11.1. The summed E-state index contributed by atoms with van der Waals surface area (Å²) in [5.74, 6) is -0.172. The Kier molecular flexibility index (Phi) is 3.97. The maximum atomic E-state index is 13.0. The van der Waals surface area contributed by atoms with Gasteiger partial charge in [-0.1, -0.05) is 12.1 Å². The third-order valence-corrected chi connectivity index (χ3v) is 3.60. The number of halogens is 1. The van der Waals surface area contributed by atoms with Crippen LogP contribution in [0, 0.1) is 12.7 Å². The Hall–Kier alpha value is -2.20. The molecule has 0 bridgehead atoms. The minimum atomic E-state index is -0.172. The molecule has 0 unspecified atom stereocenters. The molecule has 0 radical (unpaired) electrons. The molecule has 1 N–H and O–H groups in total. The molecule has 21 heavy (non-hydrogen) atoms. The third-order valence-electron chi connectivity index (χ3n) is 3.60. The number of pyridine rings is 1. The van der Waals surface area contributed by atoms with Crippen molar-refractivity contribution in [3.05, 3.63) is 71.4 Å². The van der Waals surface area contributed by atoms with Gasteiger partial charge < -0.3 is 9.72 Å². The van der Waals surface area contributed by atoms with E-state index >= 15 is 0 Å². The zero-order valence-corrected chi connectivity index (χ0v) is 12.0. The van der Waals surface area contributed by atoms with Crippen LogP contribution in [-0.4, -0.2) is 15.9 Å². The highest BCUT2D eigenvalue weighted by atomic mass is 19.1. The molecule has 0 atom stereocenters. The highest BCUT2D eigenvalue weighted by Crippen LogP contribution is 2.10. The molecule has 108 valence electrons. The van der Waals surface area contributed by atoms with Gasteiger partial charge in [0.15, 0.2) is 0 Å². The van der Waals surface area contributed by atoms with Gasteiger partial charge in [-0.2, -0.15) is 0 Å². The number of fused-ring (bicyclic) bond motifs is 1. The van der Waals surface area contributed by atoms with Gasteiger partial charge in [-0.3, -0.25) is 0 Å². The second kappa shape index (κ2) is 6.06. The molecule has 0 saturated carbocycles. The maximum absolute atomic E-state index is 13.0. The lowest BCUT2D eigenvalue weighted by Gasteiger charge is -2.06. The number of imidazole rings is 1. The first-order chi connectivity index (χ1) is 10.2. The van der Waals surface area contributed by atoms with E-state index in [1.165, 1.54) is 11.6 Å². The van der Waals surface area contributed by atoms with Crippen molar-refractivity contribution < 1.29 is 4.39 Å². The van der Waals surface area contributed by atoms with Gasteiger partial charge in [-0.05, 0) is 55.3 Å². The van der Waals surface area contributed by atoms with Crippen molar-refractivity contribution in [1.29, 1.82) is 0 Å². The Morgan fingerprint density at radius 3 is 2.95 bits per heavy atom. The molecule has 0 aliphatic heterocycles. The van der Waals surface area contributed by atoms with E-state index < -0.39 is 0 Å². The van der Waals surface area contributed by atoms with Gasteiger partial charge in [0, 0.05) is 18.9 Å². The molecule has 1 aromatic carbocycles. The van der Waals surface area contributed by atoms with Crippen LogP contribution >= 0.6 is 0 Å². The highest BCUT2D eigenvalue weighted by molar-refractivity contribution is 5.39. The molecule has 0 aliphatic rings. The molecule has 0 spiro atoms.